The van der Waals surface area contributed by atoms with E-state index in [2.05, 4.69) is 20.4 Å². The van der Waals surface area contributed by atoms with Crippen LogP contribution in [0, 0.1) is 5.82 Å². The van der Waals surface area contributed by atoms with Crippen molar-refractivity contribution in [3.05, 3.63) is 106 Å². The normalized spacial score (nSPS) is 13.2. The maximum atomic E-state index is 13.4. The maximum Gasteiger partial charge on any atom is 0.265 e. The Morgan fingerprint density at radius 3 is 2.28 bits per heavy atom. The molecule has 1 aromatic heterocycles. The van der Waals surface area contributed by atoms with E-state index in [0.29, 0.717) is 29.2 Å². The molecule has 0 spiro atoms. The van der Waals surface area contributed by atoms with Gasteiger partial charge in [0.1, 0.15) is 11.6 Å². The summed E-state index contributed by atoms with van der Waals surface area (Å²) in [6.45, 7) is 3.18. The van der Waals surface area contributed by atoms with Crippen molar-refractivity contribution in [2.45, 2.75) is 6.54 Å². The molecule has 0 unspecified atom stereocenters. The summed E-state index contributed by atoms with van der Waals surface area (Å²) in [4.78, 5) is 31.1. The fourth-order valence-electron chi connectivity index (χ4n) is 4.63. The molecule has 2 amide bonds. The molecule has 200 valence electrons. The van der Waals surface area contributed by atoms with E-state index >= 15 is 0 Å². The highest BCUT2D eigenvalue weighted by molar-refractivity contribution is 7.12. The fourth-order valence-corrected chi connectivity index (χ4v) is 5.25. The number of nitrogens with one attached hydrogen (secondary N) is 2. The lowest BCUT2D eigenvalue weighted by Crippen LogP contribution is -2.47. The number of rotatable bonds is 8. The summed E-state index contributed by atoms with van der Waals surface area (Å²) in [7, 11) is 1.67. The van der Waals surface area contributed by atoms with Crippen molar-refractivity contribution in [2.24, 2.45) is 0 Å². The van der Waals surface area contributed by atoms with Gasteiger partial charge in [0.15, 0.2) is 0 Å². The Labute approximate surface area is 230 Å². The van der Waals surface area contributed by atoms with Crippen molar-refractivity contribution in [1.82, 2.24) is 5.32 Å². The van der Waals surface area contributed by atoms with E-state index < -0.39 is 0 Å². The predicted molar refractivity (Wildman–Crippen MR) is 154 cm³/mol. The van der Waals surface area contributed by atoms with Gasteiger partial charge in [0, 0.05) is 44.1 Å². The standard InChI is InChI=1S/C30H29FN4O3S/c1-38-27-6-3-2-5-26(27)35-16-14-34(15-17-35)25-13-12-23(33-30(37)28-7-4-18-39-28)19-24(25)29(36)32-20-21-8-10-22(31)11-9-21/h2-13,18-19H,14-17,20H2,1H3,(H,32,36)(H,33,37). The Balaban J connectivity index is 1.35. The van der Waals surface area contributed by atoms with Gasteiger partial charge < -0.3 is 25.2 Å². The summed E-state index contributed by atoms with van der Waals surface area (Å²) in [5.74, 6) is 0.0148. The summed E-state index contributed by atoms with van der Waals surface area (Å²) >= 11 is 1.35. The number of nitrogens with zero attached hydrogens (tertiary/aromatic N) is 2. The molecule has 39 heavy (non-hydrogen) atoms. The van der Waals surface area contributed by atoms with Crippen LogP contribution in [0.5, 0.6) is 5.75 Å². The van der Waals surface area contributed by atoms with Gasteiger partial charge >= 0.3 is 0 Å². The van der Waals surface area contributed by atoms with Crippen LogP contribution in [-0.4, -0.2) is 45.1 Å². The molecular formula is C30H29FN4O3S. The zero-order chi connectivity index (χ0) is 27.2. The fraction of sp³-hybridized carbons (Fsp3) is 0.200. The molecule has 5 rings (SSSR count). The van der Waals surface area contributed by atoms with Gasteiger partial charge in [-0.1, -0.05) is 30.3 Å². The van der Waals surface area contributed by atoms with Gasteiger partial charge in [-0.3, -0.25) is 9.59 Å². The van der Waals surface area contributed by atoms with Crippen LogP contribution in [-0.2, 0) is 6.54 Å². The molecule has 9 heteroatoms. The van der Waals surface area contributed by atoms with Gasteiger partial charge in [-0.05, 0) is 59.5 Å². The SMILES string of the molecule is COc1ccccc1N1CCN(c2ccc(NC(=O)c3cccs3)cc2C(=O)NCc2ccc(F)cc2)CC1. The average molecular weight is 545 g/mol. The number of carbonyl (C=O) groups excluding carboxylic acids is 2. The molecule has 1 saturated heterocycles. The second-order valence-corrected chi connectivity index (χ2v) is 10.1. The van der Waals surface area contributed by atoms with Crippen molar-refractivity contribution in [1.29, 1.82) is 0 Å². The smallest absolute Gasteiger partial charge is 0.265 e. The summed E-state index contributed by atoms with van der Waals surface area (Å²) < 4.78 is 18.8. The minimum Gasteiger partial charge on any atom is -0.495 e. The topological polar surface area (TPSA) is 73.9 Å². The monoisotopic (exact) mass is 544 g/mol. The molecular weight excluding hydrogens is 515 g/mol. The average Bonchev–Trinajstić information content (AvgIpc) is 3.52. The Hall–Kier alpha value is -4.37. The van der Waals surface area contributed by atoms with Crippen LogP contribution in [0.25, 0.3) is 0 Å². The molecule has 3 aromatic carbocycles. The van der Waals surface area contributed by atoms with E-state index in [-0.39, 0.29) is 24.2 Å². The first-order chi connectivity index (χ1) is 19.0. The number of thiophene rings is 1. The number of halogens is 1. The summed E-state index contributed by atoms with van der Waals surface area (Å²) in [6.07, 6.45) is 0. The van der Waals surface area contributed by atoms with Gasteiger partial charge in [0.2, 0.25) is 0 Å². The first-order valence-corrected chi connectivity index (χ1v) is 13.5. The molecule has 0 aliphatic carbocycles. The van der Waals surface area contributed by atoms with Gasteiger partial charge in [-0.25, -0.2) is 4.39 Å². The van der Waals surface area contributed by atoms with Crippen molar-refractivity contribution in [2.75, 3.05) is 48.4 Å². The van der Waals surface area contributed by atoms with E-state index in [1.54, 1.807) is 31.4 Å². The van der Waals surface area contributed by atoms with Gasteiger partial charge in [-0.2, -0.15) is 0 Å². The molecule has 7 nitrogen and oxygen atoms in total. The Morgan fingerprint density at radius 2 is 1.59 bits per heavy atom. The van der Waals surface area contributed by atoms with Crippen LogP contribution in [0.4, 0.5) is 21.5 Å². The third-order valence-electron chi connectivity index (χ3n) is 6.66. The van der Waals surface area contributed by atoms with Gasteiger partial charge in [0.05, 0.1) is 23.2 Å². The summed E-state index contributed by atoms with van der Waals surface area (Å²) in [5, 5.41) is 7.69. The van der Waals surface area contributed by atoms with E-state index in [0.717, 1.165) is 35.8 Å². The first-order valence-electron chi connectivity index (χ1n) is 12.7. The number of ether oxygens (including phenoxy) is 1. The van der Waals surface area contributed by atoms with Crippen molar-refractivity contribution in [3.8, 4) is 5.75 Å². The zero-order valence-corrected chi connectivity index (χ0v) is 22.3. The molecule has 0 atom stereocenters. The number of piperazine rings is 1. The Morgan fingerprint density at radius 1 is 0.872 bits per heavy atom. The molecule has 0 saturated carbocycles. The lowest BCUT2D eigenvalue weighted by Gasteiger charge is -2.38. The predicted octanol–water partition coefficient (Wildman–Crippen LogP) is 5.40. The van der Waals surface area contributed by atoms with Crippen molar-refractivity contribution in [3.63, 3.8) is 0 Å². The molecule has 1 fully saturated rings. The maximum absolute atomic E-state index is 13.4. The van der Waals surface area contributed by atoms with E-state index in [9.17, 15) is 14.0 Å². The lowest BCUT2D eigenvalue weighted by molar-refractivity contribution is 0.0950. The van der Waals surface area contributed by atoms with Crippen molar-refractivity contribution < 1.29 is 18.7 Å². The van der Waals surface area contributed by atoms with Crippen LogP contribution < -0.4 is 25.2 Å². The van der Waals surface area contributed by atoms with Crippen LogP contribution in [0.2, 0.25) is 0 Å². The van der Waals surface area contributed by atoms with Gasteiger partial charge in [0.25, 0.3) is 11.8 Å². The zero-order valence-electron chi connectivity index (χ0n) is 21.5. The summed E-state index contributed by atoms with van der Waals surface area (Å²) in [5.41, 5.74) is 3.63. The highest BCUT2D eigenvalue weighted by Gasteiger charge is 2.24. The largest absolute Gasteiger partial charge is 0.495 e. The van der Waals surface area contributed by atoms with Crippen LogP contribution in [0.3, 0.4) is 0 Å². The summed E-state index contributed by atoms with van der Waals surface area (Å²) in [6, 6.07) is 23.0. The number of carbonyl (C=O) groups is 2. The molecule has 2 N–H and O–H groups in total. The number of hydrogen-bond donors (Lipinski definition) is 2. The molecule has 0 bridgehead atoms. The minimum absolute atomic E-state index is 0.221. The Kier molecular flexibility index (Phi) is 8.07. The number of hydrogen-bond acceptors (Lipinski definition) is 6. The molecule has 2 heterocycles. The van der Waals surface area contributed by atoms with Crippen LogP contribution in [0.15, 0.2) is 84.2 Å². The number of amides is 2. The number of anilines is 3. The quantitative estimate of drug-likeness (QED) is 0.311. The molecule has 1 aliphatic heterocycles. The van der Waals surface area contributed by atoms with E-state index in [4.69, 9.17) is 4.74 Å². The van der Waals surface area contributed by atoms with Gasteiger partial charge in [-0.15, -0.1) is 11.3 Å². The number of methoxy groups -OCH3 is 1. The second-order valence-electron chi connectivity index (χ2n) is 9.12. The highest BCUT2D eigenvalue weighted by atomic mass is 32.1. The lowest BCUT2D eigenvalue weighted by atomic mass is 10.1. The minimum atomic E-state index is -0.325. The molecule has 1 aliphatic rings. The van der Waals surface area contributed by atoms with E-state index in [1.807, 2.05) is 47.8 Å². The second kappa shape index (κ2) is 12.0. The number of benzene rings is 3. The van der Waals surface area contributed by atoms with E-state index in [1.165, 1.54) is 23.5 Å². The first kappa shape index (κ1) is 26.2. The number of para-hydroxylation sites is 2. The molecule has 4 aromatic rings. The van der Waals surface area contributed by atoms with Crippen LogP contribution in [0.1, 0.15) is 25.6 Å². The highest BCUT2D eigenvalue weighted by Crippen LogP contribution is 2.31. The molecule has 0 radical (unpaired) electrons. The Bertz CT molecular complexity index is 1440. The van der Waals surface area contributed by atoms with Crippen molar-refractivity contribution >= 4 is 40.2 Å². The van der Waals surface area contributed by atoms with Crippen LogP contribution >= 0.6 is 11.3 Å². The third-order valence-corrected chi connectivity index (χ3v) is 7.53. The third kappa shape index (κ3) is 6.21.